The van der Waals surface area contributed by atoms with Crippen molar-refractivity contribution in [3.63, 3.8) is 0 Å². The summed E-state index contributed by atoms with van der Waals surface area (Å²) in [5.41, 5.74) is 5.33. The molecule has 1 saturated heterocycles. The van der Waals surface area contributed by atoms with E-state index in [1.54, 1.807) is 12.1 Å². The van der Waals surface area contributed by atoms with Crippen LogP contribution >= 0.6 is 0 Å². The molecule has 0 saturated carbocycles. The van der Waals surface area contributed by atoms with Crippen LogP contribution in [0.5, 0.6) is 0 Å². The number of rotatable bonds is 1. The van der Waals surface area contributed by atoms with E-state index >= 15 is 0 Å². The molecule has 1 fully saturated rings. The van der Waals surface area contributed by atoms with E-state index in [4.69, 9.17) is 15.7 Å². The van der Waals surface area contributed by atoms with E-state index in [1.165, 1.54) is 17.8 Å². The third kappa shape index (κ3) is 1.58. The SMILES string of the molecule is C[C@@]1(C#N)O[C@@H](c2ccc3c(N)ncnn23)[C@@H](O)[C@@H]1O. The summed E-state index contributed by atoms with van der Waals surface area (Å²) in [6, 6.07) is 5.23. The molecule has 2 aromatic rings. The van der Waals surface area contributed by atoms with Crippen LogP contribution in [0.2, 0.25) is 0 Å². The van der Waals surface area contributed by atoms with Gasteiger partial charge in [0.05, 0.1) is 5.69 Å². The minimum Gasteiger partial charge on any atom is -0.387 e. The van der Waals surface area contributed by atoms with Gasteiger partial charge in [0.2, 0.25) is 0 Å². The lowest BCUT2D eigenvalue weighted by Gasteiger charge is -2.18. The summed E-state index contributed by atoms with van der Waals surface area (Å²) < 4.78 is 7.01. The van der Waals surface area contributed by atoms with Gasteiger partial charge in [-0.3, -0.25) is 0 Å². The zero-order chi connectivity index (χ0) is 14.5. The maximum Gasteiger partial charge on any atom is 0.180 e. The Morgan fingerprint density at radius 3 is 2.90 bits per heavy atom. The highest BCUT2D eigenvalue weighted by Crippen LogP contribution is 2.40. The quantitative estimate of drug-likeness (QED) is 0.632. The second-order valence-corrected chi connectivity index (χ2v) is 4.89. The smallest absolute Gasteiger partial charge is 0.180 e. The van der Waals surface area contributed by atoms with Crippen molar-refractivity contribution in [1.29, 1.82) is 5.26 Å². The maximum absolute atomic E-state index is 10.1. The van der Waals surface area contributed by atoms with Gasteiger partial charge in [0, 0.05) is 0 Å². The van der Waals surface area contributed by atoms with Crippen molar-refractivity contribution in [2.45, 2.75) is 30.8 Å². The molecule has 1 aliphatic rings. The normalized spacial score (nSPS) is 33.4. The molecular formula is C12H13N5O3. The molecule has 4 atom stereocenters. The molecule has 3 heterocycles. The minimum absolute atomic E-state index is 0.294. The average molecular weight is 275 g/mol. The first kappa shape index (κ1) is 12.8. The topological polar surface area (TPSA) is 130 Å². The number of nitrogens with zero attached hydrogens (tertiary/aromatic N) is 4. The first-order valence-electron chi connectivity index (χ1n) is 6.01. The fourth-order valence-corrected chi connectivity index (χ4v) is 2.41. The van der Waals surface area contributed by atoms with E-state index in [0.717, 1.165) is 0 Å². The Balaban J connectivity index is 2.09. The Bertz CT molecular complexity index is 709. The van der Waals surface area contributed by atoms with E-state index in [1.807, 2.05) is 6.07 Å². The summed E-state index contributed by atoms with van der Waals surface area (Å²) in [6.45, 7) is 1.43. The molecule has 0 aromatic carbocycles. The third-order valence-electron chi connectivity index (χ3n) is 3.59. The minimum atomic E-state index is -1.47. The van der Waals surface area contributed by atoms with Gasteiger partial charge < -0.3 is 20.7 Å². The van der Waals surface area contributed by atoms with E-state index in [9.17, 15) is 10.2 Å². The van der Waals surface area contributed by atoms with E-state index in [0.29, 0.717) is 17.0 Å². The molecule has 8 nitrogen and oxygen atoms in total. The summed E-state index contributed by atoms with van der Waals surface area (Å²) >= 11 is 0. The maximum atomic E-state index is 10.1. The summed E-state index contributed by atoms with van der Waals surface area (Å²) in [5.74, 6) is 0.294. The predicted molar refractivity (Wildman–Crippen MR) is 67.3 cm³/mol. The standard InChI is InChI=1S/C12H13N5O3/c1-12(4-13)10(19)8(18)9(20-12)6-2-3-7-11(14)15-5-16-17(6)7/h2-3,5,8-10,18-19H,1H3,(H2,14,15,16)/t8-,9+,10+,12+/m1/s1. The molecule has 104 valence electrons. The van der Waals surface area contributed by atoms with Gasteiger partial charge in [0.1, 0.15) is 36.2 Å². The Labute approximate surface area is 114 Å². The van der Waals surface area contributed by atoms with Gasteiger partial charge in [-0.25, -0.2) is 9.50 Å². The van der Waals surface area contributed by atoms with Crippen LogP contribution in [0.3, 0.4) is 0 Å². The predicted octanol–water partition coefficient (Wildman–Crippen LogP) is -0.613. The molecule has 2 aromatic heterocycles. The van der Waals surface area contributed by atoms with E-state index in [-0.39, 0.29) is 0 Å². The molecule has 1 aliphatic heterocycles. The molecule has 0 radical (unpaired) electrons. The number of aliphatic hydroxyl groups is 2. The number of nitrogen functional groups attached to an aromatic ring is 1. The summed E-state index contributed by atoms with van der Waals surface area (Å²) in [4.78, 5) is 3.87. The lowest BCUT2D eigenvalue weighted by molar-refractivity contribution is -0.0320. The van der Waals surface area contributed by atoms with Crippen molar-refractivity contribution in [3.05, 3.63) is 24.2 Å². The Hall–Kier alpha value is -2.21. The number of nitrogens with two attached hydrogens (primary N) is 1. The van der Waals surface area contributed by atoms with Crippen molar-refractivity contribution < 1.29 is 14.9 Å². The Kier molecular flexibility index (Phi) is 2.65. The van der Waals surface area contributed by atoms with Crippen molar-refractivity contribution in [3.8, 4) is 6.07 Å². The Morgan fingerprint density at radius 1 is 1.50 bits per heavy atom. The van der Waals surface area contributed by atoms with Crippen molar-refractivity contribution in [2.75, 3.05) is 5.73 Å². The Morgan fingerprint density at radius 2 is 2.25 bits per heavy atom. The number of hydrogen-bond acceptors (Lipinski definition) is 7. The number of anilines is 1. The number of aromatic nitrogens is 3. The monoisotopic (exact) mass is 275 g/mol. The molecule has 20 heavy (non-hydrogen) atoms. The van der Waals surface area contributed by atoms with Gasteiger partial charge in [0.15, 0.2) is 11.4 Å². The summed E-state index contributed by atoms with van der Waals surface area (Å²) in [7, 11) is 0. The fourth-order valence-electron chi connectivity index (χ4n) is 2.41. The highest BCUT2D eigenvalue weighted by molar-refractivity contribution is 5.65. The van der Waals surface area contributed by atoms with Crippen LogP contribution in [-0.2, 0) is 4.74 Å². The molecular weight excluding hydrogens is 262 g/mol. The van der Waals surface area contributed by atoms with Gasteiger partial charge in [-0.1, -0.05) is 0 Å². The lowest BCUT2D eigenvalue weighted by Crippen LogP contribution is -2.38. The molecule has 0 spiro atoms. The van der Waals surface area contributed by atoms with Crippen LogP contribution in [0.4, 0.5) is 5.82 Å². The number of nitriles is 1. The van der Waals surface area contributed by atoms with E-state index in [2.05, 4.69) is 10.1 Å². The van der Waals surface area contributed by atoms with Crippen LogP contribution in [-0.4, -0.2) is 42.6 Å². The molecule has 0 amide bonds. The first-order chi connectivity index (χ1) is 9.48. The fraction of sp³-hybridized carbons (Fsp3) is 0.417. The number of fused-ring (bicyclic) bond motifs is 1. The van der Waals surface area contributed by atoms with E-state index < -0.39 is 23.9 Å². The largest absolute Gasteiger partial charge is 0.387 e. The third-order valence-corrected chi connectivity index (χ3v) is 3.59. The number of aliphatic hydroxyl groups excluding tert-OH is 2. The molecule has 0 unspecified atom stereocenters. The number of hydrogen-bond donors (Lipinski definition) is 3. The van der Waals surface area contributed by atoms with Gasteiger partial charge in [-0.05, 0) is 19.1 Å². The van der Waals surface area contributed by atoms with Crippen molar-refractivity contribution >= 4 is 11.3 Å². The zero-order valence-corrected chi connectivity index (χ0v) is 10.6. The molecule has 8 heteroatoms. The van der Waals surface area contributed by atoms with Gasteiger partial charge in [-0.2, -0.15) is 10.4 Å². The first-order valence-corrected chi connectivity index (χ1v) is 6.01. The number of ether oxygens (including phenoxy) is 1. The lowest BCUT2D eigenvalue weighted by atomic mass is 9.97. The second-order valence-electron chi connectivity index (χ2n) is 4.89. The molecule has 3 rings (SSSR count). The van der Waals surface area contributed by atoms with Crippen LogP contribution in [0.25, 0.3) is 5.52 Å². The van der Waals surface area contributed by atoms with Crippen LogP contribution in [0.15, 0.2) is 18.5 Å². The highest BCUT2D eigenvalue weighted by atomic mass is 16.6. The highest BCUT2D eigenvalue weighted by Gasteiger charge is 2.53. The van der Waals surface area contributed by atoms with Crippen LogP contribution in [0.1, 0.15) is 18.7 Å². The van der Waals surface area contributed by atoms with Crippen molar-refractivity contribution in [2.24, 2.45) is 0 Å². The van der Waals surface area contributed by atoms with Gasteiger partial charge in [-0.15, -0.1) is 0 Å². The molecule has 0 bridgehead atoms. The van der Waals surface area contributed by atoms with Gasteiger partial charge in [0.25, 0.3) is 0 Å². The summed E-state index contributed by atoms with van der Waals surface area (Å²) in [6.07, 6.45) is -2.12. The molecule has 0 aliphatic carbocycles. The average Bonchev–Trinajstić information content (AvgIpc) is 2.96. The molecule has 4 N–H and O–H groups in total. The second kappa shape index (κ2) is 4.14. The van der Waals surface area contributed by atoms with Crippen LogP contribution in [0, 0.1) is 11.3 Å². The van der Waals surface area contributed by atoms with Crippen LogP contribution < -0.4 is 5.73 Å². The van der Waals surface area contributed by atoms with Crippen molar-refractivity contribution in [1.82, 2.24) is 14.6 Å². The summed E-state index contributed by atoms with van der Waals surface area (Å²) in [5, 5.41) is 33.2. The zero-order valence-electron chi connectivity index (χ0n) is 10.6. The van der Waals surface area contributed by atoms with Gasteiger partial charge >= 0.3 is 0 Å².